The number of methoxy groups -OCH3 is 1. The second-order valence-electron chi connectivity index (χ2n) is 6.89. The Morgan fingerprint density at radius 2 is 1.86 bits per heavy atom. The number of carbonyl (C=O) groups is 1. The van der Waals surface area contributed by atoms with Gasteiger partial charge in [0.05, 0.1) is 25.4 Å². The molecule has 0 aliphatic carbocycles. The van der Waals surface area contributed by atoms with Gasteiger partial charge >= 0.3 is 0 Å². The highest BCUT2D eigenvalue weighted by atomic mass is 19.1. The molecule has 1 aliphatic heterocycles. The minimum Gasteiger partial charge on any atom is -0.495 e. The Bertz CT molecular complexity index is 823. The Morgan fingerprint density at radius 1 is 1.14 bits per heavy atom. The fourth-order valence-corrected chi connectivity index (χ4v) is 3.46. The monoisotopic (exact) mass is 389 g/mol. The van der Waals surface area contributed by atoms with Crippen molar-refractivity contribution in [2.24, 2.45) is 0 Å². The molecule has 1 unspecified atom stereocenters. The maximum absolute atomic E-state index is 13.9. The standard InChI is InChI=1S/C21H25F2N3O2/c1-15(17-8-7-16(22)13-18(17)23)24-21(27)14-25-9-11-26(12-10-25)19-5-3-4-6-20(19)28-2/h3-8,13,15H,9-12,14H2,1-2H3,(H,24,27). The van der Waals surface area contributed by atoms with Crippen molar-refractivity contribution in [3.8, 4) is 5.75 Å². The predicted octanol–water partition coefficient (Wildman–Crippen LogP) is 2.97. The summed E-state index contributed by atoms with van der Waals surface area (Å²) in [5, 5.41) is 2.79. The van der Waals surface area contributed by atoms with E-state index < -0.39 is 17.7 Å². The number of rotatable bonds is 6. The average Bonchev–Trinajstić information content (AvgIpc) is 2.68. The number of carbonyl (C=O) groups excluding carboxylic acids is 1. The summed E-state index contributed by atoms with van der Waals surface area (Å²) in [7, 11) is 1.66. The second kappa shape index (κ2) is 9.01. The molecule has 0 bridgehead atoms. The molecule has 0 radical (unpaired) electrons. The summed E-state index contributed by atoms with van der Waals surface area (Å²) in [5.74, 6) is -0.628. The molecule has 0 aromatic heterocycles. The van der Waals surface area contributed by atoms with Crippen LogP contribution in [0.4, 0.5) is 14.5 Å². The number of halogens is 2. The lowest BCUT2D eigenvalue weighted by molar-refractivity contribution is -0.123. The van der Waals surface area contributed by atoms with Crippen LogP contribution in [-0.2, 0) is 4.79 Å². The molecule has 1 atom stereocenters. The van der Waals surface area contributed by atoms with E-state index in [0.717, 1.165) is 43.7 Å². The molecular weight excluding hydrogens is 364 g/mol. The lowest BCUT2D eigenvalue weighted by Crippen LogP contribution is -2.49. The number of para-hydroxylation sites is 2. The van der Waals surface area contributed by atoms with Gasteiger partial charge in [0, 0.05) is 37.8 Å². The molecule has 3 rings (SSSR count). The highest BCUT2D eigenvalue weighted by Gasteiger charge is 2.22. The van der Waals surface area contributed by atoms with Crippen molar-refractivity contribution in [3.63, 3.8) is 0 Å². The molecule has 1 fully saturated rings. The van der Waals surface area contributed by atoms with Gasteiger partial charge in [0.1, 0.15) is 17.4 Å². The van der Waals surface area contributed by atoms with E-state index in [1.807, 2.05) is 24.3 Å². The maximum Gasteiger partial charge on any atom is 0.234 e. The zero-order valence-corrected chi connectivity index (χ0v) is 16.1. The van der Waals surface area contributed by atoms with Crippen LogP contribution in [0.1, 0.15) is 18.5 Å². The third kappa shape index (κ3) is 4.78. The molecule has 0 spiro atoms. The van der Waals surface area contributed by atoms with Crippen molar-refractivity contribution < 1.29 is 18.3 Å². The van der Waals surface area contributed by atoms with Gasteiger partial charge in [-0.2, -0.15) is 0 Å². The van der Waals surface area contributed by atoms with Crippen molar-refractivity contribution in [3.05, 3.63) is 59.7 Å². The van der Waals surface area contributed by atoms with Crippen LogP contribution in [0.5, 0.6) is 5.75 Å². The molecule has 0 saturated carbocycles. The van der Waals surface area contributed by atoms with E-state index in [4.69, 9.17) is 4.74 Å². The van der Waals surface area contributed by atoms with Gasteiger partial charge in [0.25, 0.3) is 0 Å². The quantitative estimate of drug-likeness (QED) is 0.825. The van der Waals surface area contributed by atoms with E-state index >= 15 is 0 Å². The molecular formula is C21H25F2N3O2. The van der Waals surface area contributed by atoms with E-state index in [9.17, 15) is 13.6 Å². The summed E-state index contributed by atoms with van der Waals surface area (Å²) in [6.45, 7) is 4.99. The molecule has 1 heterocycles. The van der Waals surface area contributed by atoms with Crippen LogP contribution < -0.4 is 15.0 Å². The van der Waals surface area contributed by atoms with Crippen LogP contribution in [0.3, 0.4) is 0 Å². The van der Waals surface area contributed by atoms with Gasteiger partial charge in [-0.05, 0) is 25.1 Å². The Morgan fingerprint density at radius 3 is 2.54 bits per heavy atom. The lowest BCUT2D eigenvalue weighted by Gasteiger charge is -2.36. The van der Waals surface area contributed by atoms with Gasteiger partial charge < -0.3 is 15.0 Å². The maximum atomic E-state index is 13.9. The first-order chi connectivity index (χ1) is 13.5. The normalized spacial score (nSPS) is 15.9. The fourth-order valence-electron chi connectivity index (χ4n) is 3.46. The SMILES string of the molecule is COc1ccccc1N1CCN(CC(=O)NC(C)c2ccc(F)cc2F)CC1. The van der Waals surface area contributed by atoms with Gasteiger partial charge in [-0.25, -0.2) is 8.78 Å². The topological polar surface area (TPSA) is 44.8 Å². The van der Waals surface area contributed by atoms with E-state index in [1.165, 1.54) is 12.1 Å². The zero-order chi connectivity index (χ0) is 20.1. The van der Waals surface area contributed by atoms with Crippen LogP contribution in [-0.4, -0.2) is 50.6 Å². The number of ether oxygens (including phenoxy) is 1. The van der Waals surface area contributed by atoms with Gasteiger partial charge in [-0.15, -0.1) is 0 Å². The van der Waals surface area contributed by atoms with E-state index in [2.05, 4.69) is 15.1 Å². The lowest BCUT2D eigenvalue weighted by atomic mass is 10.1. The molecule has 2 aromatic rings. The highest BCUT2D eigenvalue weighted by molar-refractivity contribution is 5.78. The van der Waals surface area contributed by atoms with E-state index in [-0.39, 0.29) is 18.0 Å². The molecule has 1 saturated heterocycles. The van der Waals surface area contributed by atoms with Gasteiger partial charge in [-0.1, -0.05) is 18.2 Å². The Balaban J connectivity index is 1.51. The Hall–Kier alpha value is -2.67. The smallest absolute Gasteiger partial charge is 0.234 e. The number of amides is 1. The number of nitrogens with one attached hydrogen (secondary N) is 1. The second-order valence-corrected chi connectivity index (χ2v) is 6.89. The molecule has 1 aliphatic rings. The van der Waals surface area contributed by atoms with Gasteiger partial charge in [0.2, 0.25) is 5.91 Å². The van der Waals surface area contributed by atoms with Crippen molar-refractivity contribution in [1.82, 2.24) is 10.2 Å². The average molecular weight is 389 g/mol. The number of piperazine rings is 1. The van der Waals surface area contributed by atoms with Crippen molar-refractivity contribution in [2.75, 3.05) is 44.7 Å². The van der Waals surface area contributed by atoms with E-state index in [0.29, 0.717) is 0 Å². The molecule has 150 valence electrons. The van der Waals surface area contributed by atoms with Crippen LogP contribution in [0.25, 0.3) is 0 Å². The van der Waals surface area contributed by atoms with Crippen LogP contribution in [0.15, 0.2) is 42.5 Å². The summed E-state index contributed by atoms with van der Waals surface area (Å²) in [4.78, 5) is 16.6. The number of nitrogens with zero attached hydrogens (tertiary/aromatic N) is 2. The molecule has 5 nitrogen and oxygen atoms in total. The summed E-state index contributed by atoms with van der Waals surface area (Å²) >= 11 is 0. The van der Waals surface area contributed by atoms with E-state index in [1.54, 1.807) is 14.0 Å². The summed E-state index contributed by atoms with van der Waals surface area (Å²) in [6, 6.07) is 10.7. The third-order valence-corrected chi connectivity index (χ3v) is 4.97. The summed E-state index contributed by atoms with van der Waals surface area (Å²) in [5.41, 5.74) is 1.32. The number of benzene rings is 2. The zero-order valence-electron chi connectivity index (χ0n) is 16.1. The Kier molecular flexibility index (Phi) is 6.46. The summed E-state index contributed by atoms with van der Waals surface area (Å²) < 4.78 is 32.3. The third-order valence-electron chi connectivity index (χ3n) is 4.97. The molecule has 7 heteroatoms. The molecule has 28 heavy (non-hydrogen) atoms. The Labute approximate surface area is 163 Å². The van der Waals surface area contributed by atoms with Gasteiger partial charge in [-0.3, -0.25) is 9.69 Å². The minimum absolute atomic E-state index is 0.179. The fraction of sp³-hybridized carbons (Fsp3) is 0.381. The van der Waals surface area contributed by atoms with Crippen molar-refractivity contribution in [2.45, 2.75) is 13.0 Å². The van der Waals surface area contributed by atoms with Crippen LogP contribution >= 0.6 is 0 Å². The largest absolute Gasteiger partial charge is 0.495 e. The number of hydrogen-bond acceptors (Lipinski definition) is 4. The van der Waals surface area contributed by atoms with Crippen molar-refractivity contribution >= 4 is 11.6 Å². The summed E-state index contributed by atoms with van der Waals surface area (Å²) in [6.07, 6.45) is 0. The first-order valence-electron chi connectivity index (χ1n) is 9.32. The van der Waals surface area contributed by atoms with Crippen LogP contribution in [0, 0.1) is 11.6 Å². The molecule has 1 N–H and O–H groups in total. The van der Waals surface area contributed by atoms with Gasteiger partial charge in [0.15, 0.2) is 0 Å². The molecule has 1 amide bonds. The minimum atomic E-state index is -0.654. The number of hydrogen-bond donors (Lipinski definition) is 1. The first-order valence-corrected chi connectivity index (χ1v) is 9.32. The van der Waals surface area contributed by atoms with Crippen LogP contribution in [0.2, 0.25) is 0 Å². The number of anilines is 1. The van der Waals surface area contributed by atoms with Crippen molar-refractivity contribution in [1.29, 1.82) is 0 Å². The highest BCUT2D eigenvalue weighted by Crippen LogP contribution is 2.28. The molecule has 2 aromatic carbocycles. The predicted molar refractivity (Wildman–Crippen MR) is 105 cm³/mol. The first kappa shape index (κ1) is 20.1.